The summed E-state index contributed by atoms with van der Waals surface area (Å²) in [6, 6.07) is 5.41. The van der Waals surface area contributed by atoms with Crippen LogP contribution in [0.4, 0.5) is 5.69 Å². The molecule has 2 nitrogen and oxygen atoms in total. The van der Waals surface area contributed by atoms with E-state index in [9.17, 15) is 4.21 Å². The number of nitrogen functional groups attached to an aromatic ring is 1. The molecule has 0 fully saturated rings. The van der Waals surface area contributed by atoms with Crippen molar-refractivity contribution in [1.29, 1.82) is 0 Å². The second-order valence-electron chi connectivity index (χ2n) is 5.05. The van der Waals surface area contributed by atoms with Crippen molar-refractivity contribution in [2.24, 2.45) is 5.41 Å². The molecule has 0 saturated heterocycles. The van der Waals surface area contributed by atoms with Crippen LogP contribution in [0.2, 0.25) is 0 Å². The van der Waals surface area contributed by atoms with Crippen molar-refractivity contribution in [2.45, 2.75) is 32.1 Å². The minimum Gasteiger partial charge on any atom is -0.399 e. The summed E-state index contributed by atoms with van der Waals surface area (Å²) in [6.07, 6.45) is 0.941. The second kappa shape index (κ2) is 5.32. The molecule has 16 heavy (non-hydrogen) atoms. The fraction of sp³-hybridized carbons (Fsp3) is 0.500. The first kappa shape index (κ1) is 13.7. The normalized spacial score (nSPS) is 13.8. The highest BCUT2D eigenvalue weighted by atomic mass is 79.9. The number of hydrogen-bond acceptors (Lipinski definition) is 2. The molecule has 1 aromatic rings. The molecule has 1 rings (SSSR count). The molecule has 0 spiro atoms. The van der Waals surface area contributed by atoms with E-state index in [0.29, 0.717) is 11.4 Å². The third-order valence-electron chi connectivity index (χ3n) is 2.24. The van der Waals surface area contributed by atoms with Gasteiger partial charge in [0.05, 0.1) is 15.7 Å². The summed E-state index contributed by atoms with van der Waals surface area (Å²) in [7, 11) is -0.952. The number of halogens is 1. The predicted octanol–water partition coefficient (Wildman–Crippen LogP) is 3.58. The minimum atomic E-state index is -0.952. The molecule has 0 aliphatic heterocycles. The maximum Gasteiger partial charge on any atom is 0.0541 e. The van der Waals surface area contributed by atoms with Crippen LogP contribution in [0, 0.1) is 5.41 Å². The zero-order valence-corrected chi connectivity index (χ0v) is 12.3. The van der Waals surface area contributed by atoms with Crippen LogP contribution in [-0.2, 0) is 10.8 Å². The summed E-state index contributed by atoms with van der Waals surface area (Å²) in [5, 5.41) is 0. The zero-order valence-electron chi connectivity index (χ0n) is 9.92. The summed E-state index contributed by atoms with van der Waals surface area (Å²) < 4.78 is 12.9. The number of anilines is 1. The summed E-state index contributed by atoms with van der Waals surface area (Å²) in [5.41, 5.74) is 6.54. The lowest BCUT2D eigenvalue weighted by Crippen LogP contribution is -2.11. The summed E-state index contributed by atoms with van der Waals surface area (Å²) in [5.74, 6) is 0.687. The van der Waals surface area contributed by atoms with Gasteiger partial charge < -0.3 is 5.73 Å². The first-order valence-corrected chi connectivity index (χ1v) is 7.34. The number of benzene rings is 1. The van der Waals surface area contributed by atoms with Gasteiger partial charge in [-0.2, -0.15) is 0 Å². The van der Waals surface area contributed by atoms with Gasteiger partial charge in [0.25, 0.3) is 0 Å². The van der Waals surface area contributed by atoms with Gasteiger partial charge in [-0.15, -0.1) is 0 Å². The van der Waals surface area contributed by atoms with Gasteiger partial charge >= 0.3 is 0 Å². The molecule has 0 saturated carbocycles. The molecule has 0 bridgehead atoms. The molecule has 0 radical (unpaired) electrons. The molecular formula is C12H18BrNOS. The van der Waals surface area contributed by atoms with Crippen LogP contribution in [0.25, 0.3) is 0 Å². The molecule has 0 aromatic heterocycles. The monoisotopic (exact) mass is 303 g/mol. The number of nitrogens with two attached hydrogens (primary N) is 1. The van der Waals surface area contributed by atoms with E-state index in [1.165, 1.54) is 0 Å². The van der Waals surface area contributed by atoms with E-state index >= 15 is 0 Å². The molecule has 4 heteroatoms. The predicted molar refractivity (Wildman–Crippen MR) is 73.9 cm³/mol. The van der Waals surface area contributed by atoms with Gasteiger partial charge in [-0.3, -0.25) is 4.21 Å². The van der Waals surface area contributed by atoms with Crippen LogP contribution >= 0.6 is 15.9 Å². The summed E-state index contributed by atoms with van der Waals surface area (Å²) in [4.78, 5) is 0.832. The van der Waals surface area contributed by atoms with Crippen LogP contribution in [0.1, 0.15) is 27.2 Å². The van der Waals surface area contributed by atoms with Crippen LogP contribution in [0.5, 0.6) is 0 Å². The molecule has 0 aliphatic rings. The quantitative estimate of drug-likeness (QED) is 0.867. The van der Waals surface area contributed by atoms with Crippen molar-refractivity contribution in [2.75, 3.05) is 11.5 Å². The molecule has 2 N–H and O–H groups in total. The first-order valence-electron chi connectivity index (χ1n) is 5.23. The molecule has 1 aromatic carbocycles. The number of hydrogen-bond donors (Lipinski definition) is 1. The molecule has 1 unspecified atom stereocenters. The maximum absolute atomic E-state index is 12.1. The Balaban J connectivity index is 2.74. The SMILES string of the molecule is CC(C)(C)CCS(=O)c1ccc(N)cc1Br. The van der Waals surface area contributed by atoms with Crippen LogP contribution in [-0.4, -0.2) is 9.96 Å². The highest BCUT2D eigenvalue weighted by Gasteiger charge is 2.14. The van der Waals surface area contributed by atoms with Crippen molar-refractivity contribution in [3.63, 3.8) is 0 Å². The second-order valence-corrected chi connectivity index (χ2v) is 7.44. The van der Waals surface area contributed by atoms with E-state index in [-0.39, 0.29) is 5.41 Å². The van der Waals surface area contributed by atoms with Gasteiger partial charge in [-0.25, -0.2) is 0 Å². The van der Waals surface area contributed by atoms with Crippen LogP contribution < -0.4 is 5.73 Å². The highest BCUT2D eigenvalue weighted by Crippen LogP contribution is 2.26. The molecule has 1 atom stereocenters. The molecule has 0 amide bonds. The van der Waals surface area contributed by atoms with E-state index < -0.39 is 10.8 Å². The Morgan fingerprint density at radius 2 is 2.00 bits per heavy atom. The fourth-order valence-electron chi connectivity index (χ4n) is 1.21. The van der Waals surface area contributed by atoms with Crippen molar-refractivity contribution in [3.05, 3.63) is 22.7 Å². The smallest absolute Gasteiger partial charge is 0.0541 e. The average molecular weight is 304 g/mol. The Morgan fingerprint density at radius 1 is 1.38 bits per heavy atom. The molecule has 0 aliphatic carbocycles. The van der Waals surface area contributed by atoms with Crippen molar-refractivity contribution < 1.29 is 4.21 Å². The molecule has 0 heterocycles. The van der Waals surface area contributed by atoms with Gasteiger partial charge in [-0.05, 0) is 46.0 Å². The number of rotatable bonds is 3. The van der Waals surface area contributed by atoms with Crippen molar-refractivity contribution in [1.82, 2.24) is 0 Å². The maximum atomic E-state index is 12.1. The van der Waals surface area contributed by atoms with Gasteiger partial charge in [0, 0.05) is 15.9 Å². The summed E-state index contributed by atoms with van der Waals surface area (Å²) in [6.45, 7) is 6.46. The lowest BCUT2D eigenvalue weighted by Gasteiger charge is -2.17. The van der Waals surface area contributed by atoms with Crippen molar-refractivity contribution in [3.8, 4) is 0 Å². The summed E-state index contributed by atoms with van der Waals surface area (Å²) >= 11 is 3.40. The Labute approximate surface area is 108 Å². The Kier molecular flexibility index (Phi) is 4.56. The van der Waals surface area contributed by atoms with Crippen molar-refractivity contribution >= 4 is 32.4 Å². The third kappa shape index (κ3) is 4.26. The van der Waals surface area contributed by atoms with Crippen LogP contribution in [0.15, 0.2) is 27.6 Å². The Hall–Kier alpha value is -0.350. The van der Waals surface area contributed by atoms with Gasteiger partial charge in [-0.1, -0.05) is 20.8 Å². The lowest BCUT2D eigenvalue weighted by molar-refractivity contribution is 0.400. The highest BCUT2D eigenvalue weighted by molar-refractivity contribution is 9.10. The van der Waals surface area contributed by atoms with Gasteiger partial charge in [0.1, 0.15) is 0 Å². The zero-order chi connectivity index (χ0) is 12.3. The third-order valence-corrected chi connectivity index (χ3v) is 4.58. The average Bonchev–Trinajstić information content (AvgIpc) is 2.13. The lowest BCUT2D eigenvalue weighted by atomic mass is 9.94. The first-order chi connectivity index (χ1) is 7.29. The van der Waals surface area contributed by atoms with E-state index in [1.807, 2.05) is 6.07 Å². The van der Waals surface area contributed by atoms with Crippen LogP contribution in [0.3, 0.4) is 0 Å². The standard InChI is InChI=1S/C12H18BrNOS/c1-12(2,3)6-7-16(15)11-5-4-9(14)8-10(11)13/h4-5,8H,6-7,14H2,1-3H3. The van der Waals surface area contributed by atoms with E-state index in [2.05, 4.69) is 36.7 Å². The minimum absolute atomic E-state index is 0.218. The van der Waals surface area contributed by atoms with Gasteiger partial charge in [0.2, 0.25) is 0 Å². The Bertz CT molecular complexity index is 398. The fourth-order valence-corrected chi connectivity index (χ4v) is 3.66. The van der Waals surface area contributed by atoms with E-state index in [0.717, 1.165) is 15.8 Å². The van der Waals surface area contributed by atoms with E-state index in [4.69, 9.17) is 5.73 Å². The topological polar surface area (TPSA) is 43.1 Å². The van der Waals surface area contributed by atoms with E-state index in [1.54, 1.807) is 12.1 Å². The van der Waals surface area contributed by atoms with Gasteiger partial charge in [0.15, 0.2) is 0 Å². The molecular weight excluding hydrogens is 286 g/mol. The largest absolute Gasteiger partial charge is 0.399 e. The molecule has 90 valence electrons. The Morgan fingerprint density at radius 3 is 2.50 bits per heavy atom.